The Kier molecular flexibility index (Phi) is 11.0. The molecule has 0 aromatic rings. The van der Waals surface area contributed by atoms with E-state index < -0.39 is 0 Å². The Labute approximate surface area is 90.9 Å². The van der Waals surface area contributed by atoms with Gasteiger partial charge in [0.1, 0.15) is 0 Å². The molecule has 0 N–H and O–H groups in total. The molecule has 0 aliphatic heterocycles. The molecule has 0 aliphatic rings. The Balaban J connectivity index is 3.40. The summed E-state index contributed by atoms with van der Waals surface area (Å²) in [5, 5.41) is 0. The van der Waals surface area contributed by atoms with Crippen molar-refractivity contribution in [3.8, 4) is 0 Å². The van der Waals surface area contributed by atoms with Gasteiger partial charge in [-0.25, -0.2) is 0 Å². The lowest BCUT2D eigenvalue weighted by atomic mass is 10.2. The van der Waals surface area contributed by atoms with Crippen LogP contribution in [0.5, 0.6) is 0 Å². The van der Waals surface area contributed by atoms with E-state index in [1.165, 1.54) is 64.6 Å². The lowest BCUT2D eigenvalue weighted by Gasteiger charge is -2.21. The summed E-state index contributed by atoms with van der Waals surface area (Å²) in [6, 6.07) is 0. The molecule has 0 atom stereocenters. The molecule has 0 heterocycles. The van der Waals surface area contributed by atoms with Gasteiger partial charge in [0, 0.05) is 0 Å². The van der Waals surface area contributed by atoms with Gasteiger partial charge in [0.2, 0.25) is 0 Å². The molecule has 0 spiro atoms. The summed E-state index contributed by atoms with van der Waals surface area (Å²) in [4.78, 5) is 2.64. The molecule has 0 aliphatic carbocycles. The highest BCUT2D eigenvalue weighted by molar-refractivity contribution is 4.57. The van der Waals surface area contributed by atoms with E-state index in [4.69, 9.17) is 0 Å². The van der Waals surface area contributed by atoms with Crippen molar-refractivity contribution in [2.45, 2.75) is 65.7 Å². The largest absolute Gasteiger partial charge is 0.303 e. The first-order valence-electron chi connectivity index (χ1n) is 6.57. The fraction of sp³-hybridized carbons (Fsp3) is 1.00. The Morgan fingerprint density at radius 1 is 0.571 bits per heavy atom. The quantitative estimate of drug-likeness (QED) is 0.479. The van der Waals surface area contributed by atoms with E-state index in [-0.39, 0.29) is 0 Å². The van der Waals surface area contributed by atoms with Crippen molar-refractivity contribution in [1.29, 1.82) is 0 Å². The summed E-state index contributed by atoms with van der Waals surface area (Å²) in [5.41, 5.74) is 0. The summed E-state index contributed by atoms with van der Waals surface area (Å²) in [6.07, 6.45) is 9.58. The first-order chi connectivity index (χ1) is 6.85. The van der Waals surface area contributed by atoms with Crippen LogP contribution in [0.2, 0.25) is 0 Å². The molecule has 0 bridgehead atoms. The van der Waals surface area contributed by atoms with Crippen molar-refractivity contribution in [3.05, 3.63) is 0 Å². The maximum Gasteiger partial charge on any atom is -0.00187 e. The number of nitrogens with zero attached hydrogens (tertiary/aromatic N) is 1. The molecule has 86 valence electrons. The standard InChI is InChI=1S/C13H29N/c1-4-7-9-10-13-14(11-6-3)12-8-5-2/h4-13H2,1-3H3. The maximum atomic E-state index is 2.64. The van der Waals surface area contributed by atoms with Gasteiger partial charge in [0.25, 0.3) is 0 Å². The molecular weight excluding hydrogens is 170 g/mol. The molecule has 0 unspecified atom stereocenters. The number of hydrogen-bond donors (Lipinski definition) is 0. The second-order valence-corrected chi connectivity index (χ2v) is 4.26. The van der Waals surface area contributed by atoms with Crippen molar-refractivity contribution >= 4 is 0 Å². The molecule has 1 heteroatoms. The first kappa shape index (κ1) is 14.0. The Morgan fingerprint density at radius 2 is 1.21 bits per heavy atom. The van der Waals surface area contributed by atoms with E-state index in [1.54, 1.807) is 0 Å². The van der Waals surface area contributed by atoms with Crippen molar-refractivity contribution in [2.75, 3.05) is 19.6 Å². The highest BCUT2D eigenvalue weighted by atomic mass is 15.1. The summed E-state index contributed by atoms with van der Waals surface area (Å²) >= 11 is 0. The smallest absolute Gasteiger partial charge is 0.00187 e. The average Bonchev–Trinajstić information content (AvgIpc) is 2.20. The molecule has 0 saturated heterocycles. The number of rotatable bonds is 10. The SMILES string of the molecule is CCCCCCN(CCC)CCCC. The van der Waals surface area contributed by atoms with E-state index in [0.717, 1.165) is 0 Å². The van der Waals surface area contributed by atoms with Gasteiger partial charge in [-0.2, -0.15) is 0 Å². The lowest BCUT2D eigenvalue weighted by Crippen LogP contribution is -2.26. The van der Waals surface area contributed by atoms with Crippen LogP contribution in [-0.4, -0.2) is 24.5 Å². The van der Waals surface area contributed by atoms with Gasteiger partial charge >= 0.3 is 0 Å². The predicted molar refractivity (Wildman–Crippen MR) is 65.8 cm³/mol. The van der Waals surface area contributed by atoms with Gasteiger partial charge in [-0.3, -0.25) is 0 Å². The van der Waals surface area contributed by atoms with Crippen LogP contribution < -0.4 is 0 Å². The molecule has 0 saturated carbocycles. The maximum absolute atomic E-state index is 2.64. The normalized spacial score (nSPS) is 11.1. The second-order valence-electron chi connectivity index (χ2n) is 4.26. The minimum Gasteiger partial charge on any atom is -0.303 e. The average molecular weight is 199 g/mol. The van der Waals surface area contributed by atoms with E-state index in [0.29, 0.717) is 0 Å². The molecule has 0 radical (unpaired) electrons. The lowest BCUT2D eigenvalue weighted by molar-refractivity contribution is 0.263. The van der Waals surface area contributed by atoms with E-state index in [9.17, 15) is 0 Å². The Bertz CT molecular complexity index is 101. The van der Waals surface area contributed by atoms with Crippen LogP contribution >= 0.6 is 0 Å². The van der Waals surface area contributed by atoms with Crippen LogP contribution in [0.3, 0.4) is 0 Å². The Hall–Kier alpha value is -0.0400. The fourth-order valence-electron chi connectivity index (χ4n) is 1.80. The van der Waals surface area contributed by atoms with Gasteiger partial charge in [-0.1, -0.05) is 46.5 Å². The minimum absolute atomic E-state index is 1.30. The molecule has 0 fully saturated rings. The predicted octanol–water partition coefficient (Wildman–Crippen LogP) is 4.08. The highest BCUT2D eigenvalue weighted by Crippen LogP contribution is 2.03. The van der Waals surface area contributed by atoms with Crippen molar-refractivity contribution in [3.63, 3.8) is 0 Å². The van der Waals surface area contributed by atoms with Gasteiger partial charge < -0.3 is 4.90 Å². The van der Waals surface area contributed by atoms with Crippen LogP contribution in [-0.2, 0) is 0 Å². The molecule has 0 aromatic carbocycles. The van der Waals surface area contributed by atoms with Crippen molar-refractivity contribution in [1.82, 2.24) is 4.90 Å². The number of hydrogen-bond acceptors (Lipinski definition) is 1. The van der Waals surface area contributed by atoms with Gasteiger partial charge in [-0.15, -0.1) is 0 Å². The molecule has 1 nitrogen and oxygen atoms in total. The van der Waals surface area contributed by atoms with Crippen LogP contribution in [0.4, 0.5) is 0 Å². The first-order valence-corrected chi connectivity index (χ1v) is 6.57. The molecular formula is C13H29N. The van der Waals surface area contributed by atoms with Crippen LogP contribution in [0.15, 0.2) is 0 Å². The molecule has 0 rings (SSSR count). The Morgan fingerprint density at radius 3 is 1.79 bits per heavy atom. The third kappa shape index (κ3) is 8.55. The van der Waals surface area contributed by atoms with Crippen LogP contribution in [0.25, 0.3) is 0 Å². The monoisotopic (exact) mass is 199 g/mol. The number of unbranched alkanes of at least 4 members (excludes halogenated alkanes) is 4. The molecule has 14 heavy (non-hydrogen) atoms. The summed E-state index contributed by atoms with van der Waals surface area (Å²) in [7, 11) is 0. The zero-order valence-corrected chi connectivity index (χ0v) is 10.5. The molecule has 0 aromatic heterocycles. The summed E-state index contributed by atoms with van der Waals surface area (Å²) in [5.74, 6) is 0. The topological polar surface area (TPSA) is 3.24 Å². The zero-order chi connectivity index (χ0) is 10.6. The van der Waals surface area contributed by atoms with Gasteiger partial charge in [0.05, 0.1) is 0 Å². The van der Waals surface area contributed by atoms with Crippen molar-refractivity contribution < 1.29 is 0 Å². The third-order valence-electron chi connectivity index (χ3n) is 2.70. The summed E-state index contributed by atoms with van der Waals surface area (Å²) < 4.78 is 0. The third-order valence-corrected chi connectivity index (χ3v) is 2.70. The summed E-state index contributed by atoms with van der Waals surface area (Å²) in [6.45, 7) is 10.8. The zero-order valence-electron chi connectivity index (χ0n) is 10.5. The molecule has 0 amide bonds. The van der Waals surface area contributed by atoms with Crippen LogP contribution in [0, 0.1) is 0 Å². The second kappa shape index (κ2) is 11.0. The van der Waals surface area contributed by atoms with E-state index >= 15 is 0 Å². The van der Waals surface area contributed by atoms with Crippen LogP contribution in [0.1, 0.15) is 65.7 Å². The fourth-order valence-corrected chi connectivity index (χ4v) is 1.80. The van der Waals surface area contributed by atoms with Crippen molar-refractivity contribution in [2.24, 2.45) is 0 Å². The van der Waals surface area contributed by atoms with Gasteiger partial charge in [-0.05, 0) is 38.9 Å². The minimum atomic E-state index is 1.30. The van der Waals surface area contributed by atoms with Gasteiger partial charge in [0.15, 0.2) is 0 Å². The van der Waals surface area contributed by atoms with E-state index in [1.807, 2.05) is 0 Å². The van der Waals surface area contributed by atoms with E-state index in [2.05, 4.69) is 25.7 Å². The highest BCUT2D eigenvalue weighted by Gasteiger charge is 2.01.